The Morgan fingerprint density at radius 1 is 1.20 bits per heavy atom. The van der Waals surface area contributed by atoms with Crippen LogP contribution < -0.4 is 15.8 Å². The Morgan fingerprint density at radius 2 is 1.91 bits per heavy atom. The van der Waals surface area contributed by atoms with Crippen LogP contribution in [-0.4, -0.2) is 32.1 Å². The van der Waals surface area contributed by atoms with E-state index in [1.54, 1.807) is 42.6 Å². The van der Waals surface area contributed by atoms with Crippen molar-refractivity contribution in [1.29, 1.82) is 0 Å². The number of aromatic nitrogens is 2. The van der Waals surface area contributed by atoms with Gasteiger partial charge in [0.05, 0.1) is 29.3 Å². The molecule has 12 heteroatoms. The third-order valence-corrected chi connectivity index (χ3v) is 7.28. The number of nitrogen functional groups attached to an aromatic ring is 1. The first kappa shape index (κ1) is 25.2. The molecule has 0 spiro atoms. The topological polar surface area (TPSA) is 93.4 Å². The number of rotatable bonds is 6. The van der Waals surface area contributed by atoms with Crippen LogP contribution in [0.3, 0.4) is 0 Å². The molecule has 1 aliphatic heterocycles. The second-order valence-corrected chi connectivity index (χ2v) is 9.88. The lowest BCUT2D eigenvalue weighted by atomic mass is 10.0. The molecule has 1 unspecified atom stereocenters. The maximum absolute atomic E-state index is 13.3. The van der Waals surface area contributed by atoms with Gasteiger partial charge in [-0.15, -0.1) is 0 Å². The first-order valence-electron chi connectivity index (χ1n) is 10.7. The molecular weight excluding hydrogens is 503 g/mol. The van der Waals surface area contributed by atoms with Crippen molar-refractivity contribution in [3.05, 3.63) is 70.1 Å². The Kier molecular flexibility index (Phi) is 7.20. The van der Waals surface area contributed by atoms with Crippen molar-refractivity contribution in [1.82, 2.24) is 14.3 Å². The highest BCUT2D eigenvalue weighted by atomic mass is 35.5. The van der Waals surface area contributed by atoms with E-state index in [4.69, 9.17) is 22.1 Å². The lowest BCUT2D eigenvalue weighted by Gasteiger charge is -2.29. The van der Waals surface area contributed by atoms with Crippen molar-refractivity contribution in [3.63, 3.8) is 0 Å². The van der Waals surface area contributed by atoms with Crippen LogP contribution in [-0.2, 0) is 30.1 Å². The first-order valence-corrected chi connectivity index (χ1v) is 12.1. The van der Waals surface area contributed by atoms with E-state index >= 15 is 0 Å². The molecule has 7 nitrogen and oxygen atoms in total. The normalized spacial score (nSPS) is 15.8. The van der Waals surface area contributed by atoms with E-state index in [9.17, 15) is 17.4 Å². The van der Waals surface area contributed by atoms with Crippen LogP contribution in [0.15, 0.2) is 47.4 Å². The van der Waals surface area contributed by atoms with Gasteiger partial charge in [0.2, 0.25) is 5.28 Å². The zero-order valence-corrected chi connectivity index (χ0v) is 20.5. The minimum atomic E-state index is -4.52. The van der Waals surface area contributed by atoms with Gasteiger partial charge in [-0.3, -0.25) is 0 Å². The van der Waals surface area contributed by atoms with Crippen LogP contribution in [0.4, 0.5) is 24.7 Å². The Bertz CT molecular complexity index is 1260. The van der Waals surface area contributed by atoms with Gasteiger partial charge in [-0.05, 0) is 66.6 Å². The number of hydrogen-bond acceptors (Lipinski definition) is 6. The third kappa shape index (κ3) is 5.68. The number of ether oxygens (including phenoxy) is 1. The Labute approximate surface area is 208 Å². The van der Waals surface area contributed by atoms with Gasteiger partial charge < -0.3 is 15.8 Å². The quantitative estimate of drug-likeness (QED) is 0.348. The molecule has 0 fully saturated rings. The average molecular weight is 526 g/mol. The summed E-state index contributed by atoms with van der Waals surface area (Å²) in [4.78, 5) is 9.21. The largest absolute Gasteiger partial charge is 0.497 e. The van der Waals surface area contributed by atoms with Crippen LogP contribution in [0.2, 0.25) is 5.28 Å². The van der Waals surface area contributed by atoms with E-state index in [-0.39, 0.29) is 17.5 Å². The smallest absolute Gasteiger partial charge is 0.416 e. The molecule has 0 radical (unpaired) electrons. The summed E-state index contributed by atoms with van der Waals surface area (Å²) >= 11 is 6.13. The zero-order valence-electron chi connectivity index (χ0n) is 18.9. The molecule has 3 N–H and O–H groups in total. The van der Waals surface area contributed by atoms with Gasteiger partial charge in [-0.1, -0.05) is 0 Å². The summed E-state index contributed by atoms with van der Waals surface area (Å²) in [6.45, 7) is 2.45. The first-order chi connectivity index (χ1) is 16.5. The van der Waals surface area contributed by atoms with E-state index in [0.29, 0.717) is 46.2 Å². The van der Waals surface area contributed by atoms with Crippen molar-refractivity contribution in [2.75, 3.05) is 24.7 Å². The van der Waals surface area contributed by atoms with E-state index < -0.39 is 28.8 Å². The van der Waals surface area contributed by atoms with Gasteiger partial charge in [-0.2, -0.15) is 13.2 Å². The fourth-order valence-electron chi connectivity index (χ4n) is 3.84. The monoisotopic (exact) mass is 525 g/mol. The van der Waals surface area contributed by atoms with Gasteiger partial charge in [0, 0.05) is 30.8 Å². The Morgan fingerprint density at radius 3 is 2.57 bits per heavy atom. The van der Waals surface area contributed by atoms with Gasteiger partial charge in [0.25, 0.3) is 0 Å². The maximum Gasteiger partial charge on any atom is 0.416 e. The number of nitrogens with one attached hydrogen (secondary N) is 1. The molecule has 2 heterocycles. The number of benzene rings is 2. The van der Waals surface area contributed by atoms with Gasteiger partial charge in [0.1, 0.15) is 22.6 Å². The molecule has 3 aromatic rings. The van der Waals surface area contributed by atoms with Crippen molar-refractivity contribution in [2.45, 2.75) is 37.0 Å². The number of halogens is 4. The molecule has 0 aliphatic carbocycles. The van der Waals surface area contributed by atoms with E-state index in [2.05, 4.69) is 15.3 Å². The fraction of sp³-hybridized carbons (Fsp3) is 0.304. The predicted molar refractivity (Wildman–Crippen MR) is 128 cm³/mol. The Balaban J connectivity index is 1.60. The van der Waals surface area contributed by atoms with Crippen LogP contribution in [0.5, 0.6) is 5.75 Å². The van der Waals surface area contributed by atoms with Crippen molar-refractivity contribution in [2.24, 2.45) is 0 Å². The number of methoxy groups -OCH3 is 1. The summed E-state index contributed by atoms with van der Waals surface area (Å²) in [6, 6.07) is 9.81. The van der Waals surface area contributed by atoms with Crippen molar-refractivity contribution < 1.29 is 22.1 Å². The molecule has 2 atom stereocenters. The lowest BCUT2D eigenvalue weighted by molar-refractivity contribution is -0.137. The molecule has 0 saturated carbocycles. The summed E-state index contributed by atoms with van der Waals surface area (Å²) in [5.41, 5.74) is 6.63. The van der Waals surface area contributed by atoms with Crippen LogP contribution in [0, 0.1) is 0 Å². The fourth-order valence-corrected chi connectivity index (χ4v) is 5.20. The standard InChI is InChI=1S/C23H23ClF3N5O2S/c1-13(14-9-15(23(25,26)27)11-16(28)10-14)29-21-19-12-32(8-7-20(19)30-22(24)31-21)35(33)18-5-3-17(34-2)4-6-18/h3-6,9-11,13H,7-8,12,28H2,1-2H3,(H,29,30,31)/t13-,35?/m1/s1. The maximum atomic E-state index is 13.3. The van der Waals surface area contributed by atoms with E-state index in [1.165, 1.54) is 6.07 Å². The van der Waals surface area contributed by atoms with Gasteiger partial charge >= 0.3 is 6.18 Å². The molecule has 186 valence electrons. The zero-order chi connectivity index (χ0) is 25.3. The minimum Gasteiger partial charge on any atom is -0.497 e. The summed E-state index contributed by atoms with van der Waals surface area (Å²) in [7, 11) is 0.112. The third-order valence-electron chi connectivity index (χ3n) is 5.65. The highest BCUT2D eigenvalue weighted by Gasteiger charge is 2.32. The summed E-state index contributed by atoms with van der Waals surface area (Å²) in [6.07, 6.45) is -4.04. The number of fused-ring (bicyclic) bond motifs is 1. The highest BCUT2D eigenvalue weighted by Crippen LogP contribution is 2.34. The minimum absolute atomic E-state index is 0.00675. The molecule has 4 rings (SSSR count). The second kappa shape index (κ2) is 10.00. The predicted octanol–water partition coefficient (Wildman–Crippen LogP) is 4.99. The molecular formula is C23H23ClF3N5O2S. The number of hydrogen-bond donors (Lipinski definition) is 2. The summed E-state index contributed by atoms with van der Waals surface area (Å²) in [5, 5.41) is 3.17. The van der Waals surface area contributed by atoms with Crippen molar-refractivity contribution in [3.8, 4) is 5.75 Å². The van der Waals surface area contributed by atoms with Gasteiger partial charge in [0.15, 0.2) is 0 Å². The molecule has 1 aromatic heterocycles. The molecule has 0 bridgehead atoms. The molecule has 1 aliphatic rings. The highest BCUT2D eigenvalue weighted by molar-refractivity contribution is 7.82. The molecule has 2 aromatic carbocycles. The second-order valence-electron chi connectivity index (χ2n) is 8.06. The number of anilines is 2. The summed E-state index contributed by atoms with van der Waals surface area (Å²) in [5.74, 6) is 1.04. The SMILES string of the molecule is COc1ccc(S(=O)N2CCc3nc(Cl)nc(N[C@H](C)c4cc(N)cc(C(F)(F)F)c4)c3C2)cc1. The number of nitrogens with zero attached hydrogens (tertiary/aromatic N) is 3. The molecule has 35 heavy (non-hydrogen) atoms. The molecule has 0 saturated heterocycles. The molecule has 0 amide bonds. The van der Waals surface area contributed by atoms with Crippen molar-refractivity contribution >= 4 is 34.1 Å². The average Bonchev–Trinajstić information content (AvgIpc) is 2.82. The Hall–Kier alpha value is -2.89. The number of nitrogens with two attached hydrogens (primary N) is 1. The summed E-state index contributed by atoms with van der Waals surface area (Å²) < 4.78 is 59.9. The van der Waals surface area contributed by atoms with E-state index in [0.717, 1.165) is 12.1 Å². The van der Waals surface area contributed by atoms with Crippen LogP contribution >= 0.6 is 11.6 Å². The van der Waals surface area contributed by atoms with Crippen LogP contribution in [0.1, 0.15) is 35.3 Å². The number of alkyl halides is 3. The van der Waals surface area contributed by atoms with Gasteiger partial charge in [-0.25, -0.2) is 18.5 Å². The van der Waals surface area contributed by atoms with Crippen LogP contribution in [0.25, 0.3) is 0 Å². The van der Waals surface area contributed by atoms with E-state index in [1.807, 2.05) is 0 Å². The lowest BCUT2D eigenvalue weighted by Crippen LogP contribution is -2.33.